The quantitative estimate of drug-likeness (QED) is 0.542. The molecule has 1 aromatic rings. The normalized spacial score (nSPS) is 34.2. The highest BCUT2D eigenvalue weighted by atomic mass is 127. The van der Waals surface area contributed by atoms with Gasteiger partial charge in [-0.15, -0.1) is 0 Å². The van der Waals surface area contributed by atoms with Gasteiger partial charge in [-0.25, -0.2) is 0 Å². The number of amides is 1. The Bertz CT molecular complexity index is 625. The number of carbonyl (C=O) groups excluding carboxylic acids is 1. The van der Waals surface area contributed by atoms with Gasteiger partial charge >= 0.3 is 0 Å². The molecule has 4 aliphatic rings. The topological polar surface area (TPSA) is 41.1 Å². The molecule has 0 spiro atoms. The Balaban J connectivity index is 1.41. The Morgan fingerprint density at radius 2 is 1.74 bits per heavy atom. The molecule has 122 valence electrons. The fourth-order valence-electron chi connectivity index (χ4n) is 5.34. The highest BCUT2D eigenvalue weighted by Crippen LogP contribution is 2.55. The van der Waals surface area contributed by atoms with E-state index < -0.39 is 0 Å². The maximum atomic E-state index is 12.4. The van der Waals surface area contributed by atoms with Crippen molar-refractivity contribution in [2.24, 2.45) is 17.8 Å². The van der Waals surface area contributed by atoms with E-state index >= 15 is 0 Å². The molecule has 0 atom stereocenters. The largest absolute Gasteiger partial charge is 0.357 e. The van der Waals surface area contributed by atoms with E-state index in [4.69, 9.17) is 12.2 Å². The van der Waals surface area contributed by atoms with Gasteiger partial charge in [0, 0.05) is 14.7 Å². The zero-order chi connectivity index (χ0) is 16.0. The lowest BCUT2D eigenvalue weighted by Crippen LogP contribution is -2.61. The molecule has 4 saturated carbocycles. The molecule has 23 heavy (non-hydrogen) atoms. The molecular weight excluding hydrogens is 419 g/mol. The molecule has 4 fully saturated rings. The van der Waals surface area contributed by atoms with Crippen molar-refractivity contribution in [1.82, 2.24) is 10.6 Å². The Morgan fingerprint density at radius 1 is 1.13 bits per heavy atom. The van der Waals surface area contributed by atoms with Gasteiger partial charge in [0.05, 0.1) is 0 Å². The fraction of sp³-hybridized carbons (Fsp3) is 0.556. The third-order valence-electron chi connectivity index (χ3n) is 5.73. The maximum Gasteiger partial charge on any atom is 0.257 e. The third-order valence-corrected chi connectivity index (χ3v) is 6.61. The summed E-state index contributed by atoms with van der Waals surface area (Å²) < 4.78 is 1.05. The van der Waals surface area contributed by atoms with E-state index in [9.17, 15) is 4.79 Å². The summed E-state index contributed by atoms with van der Waals surface area (Å²) in [6.45, 7) is 0. The Kier molecular flexibility index (Phi) is 4.12. The first-order valence-electron chi connectivity index (χ1n) is 8.40. The first-order valence-corrected chi connectivity index (χ1v) is 9.89. The second kappa shape index (κ2) is 5.99. The first-order chi connectivity index (χ1) is 11.0. The average molecular weight is 440 g/mol. The molecule has 4 bridgehead atoms. The van der Waals surface area contributed by atoms with Crippen LogP contribution in [0.15, 0.2) is 24.3 Å². The van der Waals surface area contributed by atoms with Crippen molar-refractivity contribution in [1.29, 1.82) is 0 Å². The molecule has 5 heteroatoms. The monoisotopic (exact) mass is 440 g/mol. The van der Waals surface area contributed by atoms with Gasteiger partial charge in [-0.3, -0.25) is 10.1 Å². The van der Waals surface area contributed by atoms with Gasteiger partial charge in [-0.1, -0.05) is 6.07 Å². The standard InChI is InChI=1S/C18H21IN2OS/c19-15-3-1-2-14(7-15)16(22)20-17(23)21-18-8-11-4-12(9-18)6-13(5-11)10-18/h1-3,7,11-13H,4-6,8-10H2,(H2,20,21,22,23). The van der Waals surface area contributed by atoms with Crippen molar-refractivity contribution in [2.45, 2.75) is 44.1 Å². The SMILES string of the molecule is O=C(NC(=S)NC12CC3CC(CC(C3)C1)C2)c1cccc(I)c1. The molecule has 2 N–H and O–H groups in total. The lowest BCUT2D eigenvalue weighted by Gasteiger charge is -2.57. The molecule has 4 aliphatic carbocycles. The Labute approximate surface area is 156 Å². The second-order valence-electron chi connectivity index (χ2n) is 7.62. The van der Waals surface area contributed by atoms with Gasteiger partial charge < -0.3 is 5.32 Å². The van der Waals surface area contributed by atoms with E-state index in [1.807, 2.05) is 24.3 Å². The maximum absolute atomic E-state index is 12.4. The lowest BCUT2D eigenvalue weighted by molar-refractivity contribution is -0.0101. The molecular formula is C18H21IN2OS. The number of halogens is 1. The van der Waals surface area contributed by atoms with Crippen LogP contribution < -0.4 is 10.6 Å². The van der Waals surface area contributed by atoms with Crippen LogP contribution in [0, 0.1) is 21.3 Å². The van der Waals surface area contributed by atoms with Crippen molar-refractivity contribution >= 4 is 45.8 Å². The molecule has 0 aromatic heterocycles. The molecule has 0 radical (unpaired) electrons. The summed E-state index contributed by atoms with van der Waals surface area (Å²) in [5.74, 6) is 2.47. The van der Waals surface area contributed by atoms with Crippen molar-refractivity contribution in [3.8, 4) is 0 Å². The van der Waals surface area contributed by atoms with Crippen molar-refractivity contribution < 1.29 is 4.79 Å². The van der Waals surface area contributed by atoms with Crippen LogP contribution in [0.4, 0.5) is 0 Å². The summed E-state index contributed by atoms with van der Waals surface area (Å²) in [5.41, 5.74) is 0.802. The van der Waals surface area contributed by atoms with E-state index in [0.29, 0.717) is 10.7 Å². The first kappa shape index (κ1) is 15.8. The van der Waals surface area contributed by atoms with Crippen LogP contribution in [0.1, 0.15) is 48.9 Å². The number of benzene rings is 1. The van der Waals surface area contributed by atoms with Crippen LogP contribution in [0.5, 0.6) is 0 Å². The fourth-order valence-corrected chi connectivity index (χ4v) is 6.19. The van der Waals surface area contributed by atoms with Gasteiger partial charge in [-0.05, 0) is 109 Å². The number of hydrogen-bond acceptors (Lipinski definition) is 2. The van der Waals surface area contributed by atoms with Gasteiger partial charge in [0.15, 0.2) is 5.11 Å². The van der Waals surface area contributed by atoms with Crippen LogP contribution >= 0.6 is 34.8 Å². The van der Waals surface area contributed by atoms with Crippen LogP contribution in [0.3, 0.4) is 0 Å². The van der Waals surface area contributed by atoms with E-state index in [0.717, 1.165) is 21.3 Å². The predicted octanol–water partition coefficient (Wildman–Crippen LogP) is 3.86. The average Bonchev–Trinajstić information content (AvgIpc) is 2.44. The highest BCUT2D eigenvalue weighted by molar-refractivity contribution is 14.1. The third kappa shape index (κ3) is 3.27. The van der Waals surface area contributed by atoms with E-state index in [-0.39, 0.29) is 11.4 Å². The summed E-state index contributed by atoms with van der Waals surface area (Å²) in [6, 6.07) is 7.57. The van der Waals surface area contributed by atoms with Gasteiger partial charge in [0.25, 0.3) is 5.91 Å². The van der Waals surface area contributed by atoms with Crippen molar-refractivity contribution in [2.75, 3.05) is 0 Å². The molecule has 0 heterocycles. The minimum Gasteiger partial charge on any atom is -0.357 e. The summed E-state index contributed by atoms with van der Waals surface area (Å²) >= 11 is 7.67. The summed E-state index contributed by atoms with van der Waals surface area (Å²) in [7, 11) is 0. The Morgan fingerprint density at radius 3 is 2.30 bits per heavy atom. The van der Waals surface area contributed by atoms with Gasteiger partial charge in [0.1, 0.15) is 0 Å². The van der Waals surface area contributed by atoms with Crippen LogP contribution in [0.2, 0.25) is 0 Å². The van der Waals surface area contributed by atoms with Crippen LogP contribution in [0.25, 0.3) is 0 Å². The molecule has 3 nitrogen and oxygen atoms in total. The minimum atomic E-state index is -0.120. The molecule has 1 amide bonds. The summed E-state index contributed by atoms with van der Waals surface area (Å²) in [6.07, 6.45) is 7.88. The zero-order valence-electron chi connectivity index (χ0n) is 13.0. The zero-order valence-corrected chi connectivity index (χ0v) is 16.0. The lowest BCUT2D eigenvalue weighted by atomic mass is 9.53. The van der Waals surface area contributed by atoms with E-state index in [1.165, 1.54) is 38.5 Å². The van der Waals surface area contributed by atoms with E-state index in [1.54, 1.807) is 0 Å². The van der Waals surface area contributed by atoms with Gasteiger partial charge in [-0.2, -0.15) is 0 Å². The second-order valence-corrected chi connectivity index (χ2v) is 9.27. The van der Waals surface area contributed by atoms with E-state index in [2.05, 4.69) is 33.2 Å². The van der Waals surface area contributed by atoms with Crippen LogP contribution in [-0.4, -0.2) is 16.6 Å². The van der Waals surface area contributed by atoms with Crippen molar-refractivity contribution in [3.05, 3.63) is 33.4 Å². The summed E-state index contributed by atoms with van der Waals surface area (Å²) in [4.78, 5) is 12.4. The predicted molar refractivity (Wildman–Crippen MR) is 103 cm³/mol. The van der Waals surface area contributed by atoms with Crippen LogP contribution in [-0.2, 0) is 0 Å². The minimum absolute atomic E-state index is 0.120. The number of rotatable bonds is 2. The molecule has 0 unspecified atom stereocenters. The number of nitrogens with one attached hydrogen (secondary N) is 2. The smallest absolute Gasteiger partial charge is 0.257 e. The molecule has 0 aliphatic heterocycles. The number of carbonyl (C=O) groups is 1. The number of thiocarbonyl (C=S) groups is 1. The highest BCUT2D eigenvalue weighted by Gasteiger charge is 2.51. The molecule has 1 aromatic carbocycles. The molecule has 5 rings (SSSR count). The Hall–Kier alpha value is -0.690. The van der Waals surface area contributed by atoms with Crippen molar-refractivity contribution in [3.63, 3.8) is 0 Å². The number of hydrogen-bond donors (Lipinski definition) is 2. The molecule has 0 saturated heterocycles. The van der Waals surface area contributed by atoms with Gasteiger partial charge in [0.2, 0.25) is 0 Å². The summed E-state index contributed by atoms with van der Waals surface area (Å²) in [5, 5.41) is 6.91.